The summed E-state index contributed by atoms with van der Waals surface area (Å²) in [6, 6.07) is 12.8. The molecule has 2 aromatic carbocycles. The van der Waals surface area contributed by atoms with Crippen molar-refractivity contribution in [2.24, 2.45) is 5.92 Å². The number of piperazine rings is 1. The summed E-state index contributed by atoms with van der Waals surface area (Å²) in [6.45, 7) is 1.63. The average molecular weight is 460 g/mol. The molecule has 2 aliphatic heterocycles. The first kappa shape index (κ1) is 22.1. The summed E-state index contributed by atoms with van der Waals surface area (Å²) >= 11 is 5.84. The zero-order valence-electron chi connectivity index (χ0n) is 17.4. The first-order valence-corrected chi connectivity index (χ1v) is 10.8. The Bertz CT molecular complexity index is 1010. The molecule has 2 aliphatic rings. The third-order valence-corrected chi connectivity index (χ3v) is 5.99. The molecule has 1 unspecified atom stereocenters. The van der Waals surface area contributed by atoms with Crippen LogP contribution in [-0.4, -0.2) is 66.9 Å². The van der Waals surface area contributed by atoms with Crippen LogP contribution in [0.15, 0.2) is 48.5 Å². The van der Waals surface area contributed by atoms with E-state index >= 15 is 0 Å². The molecular formula is C23H23ClFN3O4. The number of nitrogens with zero attached hydrogens (tertiary/aromatic N) is 3. The lowest BCUT2D eigenvalue weighted by Gasteiger charge is -2.35. The Morgan fingerprint density at radius 3 is 2.34 bits per heavy atom. The van der Waals surface area contributed by atoms with E-state index in [0.29, 0.717) is 37.0 Å². The first-order chi connectivity index (χ1) is 15.4. The highest BCUT2D eigenvalue weighted by Crippen LogP contribution is 2.28. The fraction of sp³-hybridized carbons (Fsp3) is 0.348. The van der Waals surface area contributed by atoms with Gasteiger partial charge in [0.05, 0.1) is 11.6 Å². The van der Waals surface area contributed by atoms with E-state index < -0.39 is 11.7 Å². The third kappa shape index (κ3) is 4.85. The van der Waals surface area contributed by atoms with Gasteiger partial charge in [-0.05, 0) is 36.4 Å². The summed E-state index contributed by atoms with van der Waals surface area (Å²) in [4.78, 5) is 42.4. The SMILES string of the molecule is O=C(COc1ccc(Cl)cc1)N1CCN(C(=O)C2CC(=O)N(c3ccccc3F)C2)CC1. The van der Waals surface area contributed by atoms with Gasteiger partial charge in [-0.1, -0.05) is 23.7 Å². The first-order valence-electron chi connectivity index (χ1n) is 10.4. The maximum Gasteiger partial charge on any atom is 0.260 e. The normalized spacial score (nSPS) is 18.8. The van der Waals surface area contributed by atoms with Crippen LogP contribution >= 0.6 is 11.6 Å². The molecule has 7 nitrogen and oxygen atoms in total. The molecule has 0 spiro atoms. The molecule has 0 saturated carbocycles. The van der Waals surface area contributed by atoms with Crippen molar-refractivity contribution in [3.63, 3.8) is 0 Å². The van der Waals surface area contributed by atoms with E-state index in [2.05, 4.69) is 0 Å². The molecular weight excluding hydrogens is 437 g/mol. The molecule has 2 heterocycles. The van der Waals surface area contributed by atoms with E-state index in [1.165, 1.54) is 17.0 Å². The summed E-state index contributed by atoms with van der Waals surface area (Å²) in [7, 11) is 0. The zero-order chi connectivity index (χ0) is 22.7. The number of carbonyl (C=O) groups is 3. The van der Waals surface area contributed by atoms with Gasteiger partial charge in [0.2, 0.25) is 11.8 Å². The van der Waals surface area contributed by atoms with E-state index in [1.807, 2.05) is 0 Å². The molecule has 0 bridgehead atoms. The molecule has 3 amide bonds. The van der Waals surface area contributed by atoms with Gasteiger partial charge in [-0.15, -0.1) is 0 Å². The van der Waals surface area contributed by atoms with Gasteiger partial charge in [-0.25, -0.2) is 4.39 Å². The topological polar surface area (TPSA) is 70.2 Å². The number of hydrogen-bond donors (Lipinski definition) is 0. The van der Waals surface area contributed by atoms with Crippen LogP contribution in [0.4, 0.5) is 10.1 Å². The van der Waals surface area contributed by atoms with Crippen molar-refractivity contribution >= 4 is 35.0 Å². The van der Waals surface area contributed by atoms with E-state index in [4.69, 9.17) is 16.3 Å². The van der Waals surface area contributed by atoms with Gasteiger partial charge in [0.1, 0.15) is 11.6 Å². The molecule has 2 fully saturated rings. The molecule has 0 N–H and O–H groups in total. The van der Waals surface area contributed by atoms with Crippen LogP contribution < -0.4 is 9.64 Å². The minimum atomic E-state index is -0.516. The Morgan fingerprint density at radius 2 is 1.66 bits per heavy atom. The van der Waals surface area contributed by atoms with Crippen molar-refractivity contribution in [1.29, 1.82) is 0 Å². The Morgan fingerprint density at radius 1 is 1.00 bits per heavy atom. The van der Waals surface area contributed by atoms with Gasteiger partial charge in [-0.3, -0.25) is 14.4 Å². The third-order valence-electron chi connectivity index (χ3n) is 5.74. The quantitative estimate of drug-likeness (QED) is 0.689. The maximum absolute atomic E-state index is 14.1. The predicted molar refractivity (Wildman–Crippen MR) is 117 cm³/mol. The Balaban J connectivity index is 1.27. The molecule has 32 heavy (non-hydrogen) atoms. The number of para-hydroxylation sites is 1. The lowest BCUT2D eigenvalue weighted by molar-refractivity contribution is -0.142. The van der Waals surface area contributed by atoms with Crippen LogP contribution in [-0.2, 0) is 14.4 Å². The number of amides is 3. The Labute approximate surface area is 190 Å². The highest BCUT2D eigenvalue weighted by atomic mass is 35.5. The van der Waals surface area contributed by atoms with Crippen LogP contribution in [0.2, 0.25) is 5.02 Å². The second-order valence-electron chi connectivity index (χ2n) is 7.81. The highest BCUT2D eigenvalue weighted by Gasteiger charge is 2.39. The molecule has 0 aromatic heterocycles. The summed E-state index contributed by atoms with van der Waals surface area (Å²) < 4.78 is 19.6. The van der Waals surface area contributed by atoms with E-state index in [-0.39, 0.29) is 43.0 Å². The Kier molecular flexibility index (Phi) is 6.60. The number of hydrogen-bond acceptors (Lipinski definition) is 4. The molecule has 2 aromatic rings. The van der Waals surface area contributed by atoms with Crippen LogP contribution in [0.1, 0.15) is 6.42 Å². The van der Waals surface area contributed by atoms with Crippen molar-refractivity contribution in [3.05, 3.63) is 59.4 Å². The Hall–Kier alpha value is -3.13. The fourth-order valence-electron chi connectivity index (χ4n) is 3.98. The van der Waals surface area contributed by atoms with E-state index in [1.54, 1.807) is 46.2 Å². The molecule has 168 valence electrons. The van der Waals surface area contributed by atoms with Crippen LogP contribution in [0.5, 0.6) is 5.75 Å². The van der Waals surface area contributed by atoms with Gasteiger partial charge < -0.3 is 19.4 Å². The van der Waals surface area contributed by atoms with Crippen molar-refractivity contribution in [3.8, 4) is 5.75 Å². The number of anilines is 1. The monoisotopic (exact) mass is 459 g/mol. The number of benzene rings is 2. The van der Waals surface area contributed by atoms with Gasteiger partial charge in [0.25, 0.3) is 5.91 Å². The maximum atomic E-state index is 14.1. The average Bonchev–Trinajstić information content (AvgIpc) is 3.19. The molecule has 1 atom stereocenters. The minimum absolute atomic E-state index is 0.0568. The lowest BCUT2D eigenvalue weighted by atomic mass is 10.1. The summed E-state index contributed by atoms with van der Waals surface area (Å²) in [6.07, 6.45) is 0.0568. The molecule has 2 saturated heterocycles. The predicted octanol–water partition coefficient (Wildman–Crippen LogP) is 2.58. The summed E-state index contributed by atoms with van der Waals surface area (Å²) in [5.41, 5.74) is 0.198. The lowest BCUT2D eigenvalue weighted by Crippen LogP contribution is -2.53. The van der Waals surface area contributed by atoms with Crippen molar-refractivity contribution in [2.45, 2.75) is 6.42 Å². The minimum Gasteiger partial charge on any atom is -0.484 e. The second kappa shape index (κ2) is 9.56. The van der Waals surface area contributed by atoms with Crippen LogP contribution in [0, 0.1) is 11.7 Å². The number of ether oxygens (including phenoxy) is 1. The number of halogens is 2. The van der Waals surface area contributed by atoms with Gasteiger partial charge in [-0.2, -0.15) is 0 Å². The molecule has 0 radical (unpaired) electrons. The number of rotatable bonds is 5. The summed E-state index contributed by atoms with van der Waals surface area (Å²) in [5, 5.41) is 0.588. The smallest absolute Gasteiger partial charge is 0.260 e. The fourth-order valence-corrected chi connectivity index (χ4v) is 4.10. The standard InChI is InChI=1S/C23H23ClFN3O4/c24-17-5-7-18(8-6-17)32-15-22(30)26-9-11-27(12-10-26)23(31)16-13-21(29)28(14-16)20-4-2-1-3-19(20)25/h1-8,16H,9-15H2. The van der Waals surface area contributed by atoms with E-state index in [9.17, 15) is 18.8 Å². The zero-order valence-corrected chi connectivity index (χ0v) is 18.1. The van der Waals surface area contributed by atoms with Crippen molar-refractivity contribution < 1.29 is 23.5 Å². The van der Waals surface area contributed by atoms with Gasteiger partial charge >= 0.3 is 0 Å². The van der Waals surface area contributed by atoms with Crippen LogP contribution in [0.3, 0.4) is 0 Å². The van der Waals surface area contributed by atoms with Crippen LogP contribution in [0.25, 0.3) is 0 Å². The largest absolute Gasteiger partial charge is 0.484 e. The van der Waals surface area contributed by atoms with Crippen molar-refractivity contribution in [2.75, 3.05) is 44.2 Å². The van der Waals surface area contributed by atoms with E-state index in [0.717, 1.165) is 0 Å². The van der Waals surface area contributed by atoms with Gasteiger partial charge in [0, 0.05) is 44.2 Å². The highest BCUT2D eigenvalue weighted by molar-refractivity contribution is 6.30. The summed E-state index contributed by atoms with van der Waals surface area (Å²) in [5.74, 6) is -1.00. The number of carbonyl (C=O) groups excluding carboxylic acids is 3. The molecule has 4 rings (SSSR count). The molecule has 9 heteroatoms. The molecule has 0 aliphatic carbocycles. The van der Waals surface area contributed by atoms with Gasteiger partial charge in [0.15, 0.2) is 6.61 Å². The van der Waals surface area contributed by atoms with Crippen molar-refractivity contribution in [1.82, 2.24) is 9.80 Å². The second-order valence-corrected chi connectivity index (χ2v) is 8.24.